The molecule has 94 valence electrons. The Morgan fingerprint density at radius 1 is 1.35 bits per heavy atom. The summed E-state index contributed by atoms with van der Waals surface area (Å²) in [5, 5.41) is 2.89. The van der Waals surface area contributed by atoms with Crippen molar-refractivity contribution in [1.82, 2.24) is 0 Å². The molecule has 0 spiro atoms. The summed E-state index contributed by atoms with van der Waals surface area (Å²) in [6, 6.07) is 3.85. The van der Waals surface area contributed by atoms with E-state index in [1.54, 1.807) is 7.11 Å². The maximum atomic E-state index is 11.6. The van der Waals surface area contributed by atoms with Crippen LogP contribution in [0.3, 0.4) is 0 Å². The van der Waals surface area contributed by atoms with Crippen LogP contribution < -0.4 is 15.8 Å². The van der Waals surface area contributed by atoms with Crippen LogP contribution in [0, 0.1) is 13.8 Å². The third-order valence-electron chi connectivity index (χ3n) is 2.62. The number of amides is 1. The van der Waals surface area contributed by atoms with Gasteiger partial charge in [-0.1, -0.05) is 0 Å². The normalized spacial score (nSPS) is 10.1. The average Bonchev–Trinajstić information content (AvgIpc) is 2.30. The van der Waals surface area contributed by atoms with E-state index in [4.69, 9.17) is 10.5 Å². The molecule has 1 aromatic rings. The number of methoxy groups -OCH3 is 1. The number of aryl methyl sites for hydroxylation is 2. The van der Waals surface area contributed by atoms with Crippen molar-refractivity contribution in [1.29, 1.82) is 0 Å². The molecular formula is C13H20N2O2. The maximum absolute atomic E-state index is 11.6. The first-order valence-electron chi connectivity index (χ1n) is 5.73. The average molecular weight is 236 g/mol. The Balaban J connectivity index is 2.78. The first kappa shape index (κ1) is 13.5. The highest BCUT2D eigenvalue weighted by atomic mass is 16.5. The van der Waals surface area contributed by atoms with E-state index in [0.717, 1.165) is 22.6 Å². The molecule has 1 amide bonds. The lowest BCUT2D eigenvalue weighted by molar-refractivity contribution is -0.116. The molecule has 1 aromatic carbocycles. The van der Waals surface area contributed by atoms with Gasteiger partial charge in [-0.25, -0.2) is 0 Å². The fourth-order valence-corrected chi connectivity index (χ4v) is 1.62. The van der Waals surface area contributed by atoms with Crippen molar-refractivity contribution in [2.24, 2.45) is 5.73 Å². The summed E-state index contributed by atoms with van der Waals surface area (Å²) >= 11 is 0. The number of carbonyl (C=O) groups is 1. The number of nitrogens with two attached hydrogens (primary N) is 1. The van der Waals surface area contributed by atoms with Gasteiger partial charge in [0.05, 0.1) is 7.11 Å². The van der Waals surface area contributed by atoms with Crippen molar-refractivity contribution in [2.75, 3.05) is 19.0 Å². The number of benzene rings is 1. The number of hydrogen-bond acceptors (Lipinski definition) is 3. The summed E-state index contributed by atoms with van der Waals surface area (Å²) in [7, 11) is 1.64. The molecule has 4 heteroatoms. The Hall–Kier alpha value is -1.55. The first-order valence-corrected chi connectivity index (χ1v) is 5.73. The molecule has 3 N–H and O–H groups in total. The van der Waals surface area contributed by atoms with E-state index in [2.05, 4.69) is 5.32 Å². The van der Waals surface area contributed by atoms with Crippen molar-refractivity contribution in [3.63, 3.8) is 0 Å². The highest BCUT2D eigenvalue weighted by molar-refractivity contribution is 5.91. The largest absolute Gasteiger partial charge is 0.496 e. The molecule has 0 radical (unpaired) electrons. The van der Waals surface area contributed by atoms with E-state index >= 15 is 0 Å². The summed E-state index contributed by atoms with van der Waals surface area (Å²) < 4.78 is 5.22. The quantitative estimate of drug-likeness (QED) is 0.821. The molecule has 17 heavy (non-hydrogen) atoms. The van der Waals surface area contributed by atoms with Crippen LogP contribution in [0.25, 0.3) is 0 Å². The highest BCUT2D eigenvalue weighted by Gasteiger charge is 2.07. The second kappa shape index (κ2) is 6.25. The van der Waals surface area contributed by atoms with Crippen LogP contribution in [0.1, 0.15) is 24.0 Å². The molecule has 0 aliphatic rings. The van der Waals surface area contributed by atoms with Gasteiger partial charge in [0.2, 0.25) is 5.91 Å². The molecule has 0 saturated carbocycles. The number of hydrogen-bond donors (Lipinski definition) is 2. The number of anilines is 1. The highest BCUT2D eigenvalue weighted by Crippen LogP contribution is 2.25. The van der Waals surface area contributed by atoms with Gasteiger partial charge in [-0.15, -0.1) is 0 Å². The second-order valence-electron chi connectivity index (χ2n) is 4.08. The van der Waals surface area contributed by atoms with Crippen molar-refractivity contribution in [2.45, 2.75) is 26.7 Å². The molecule has 0 saturated heterocycles. The summed E-state index contributed by atoms with van der Waals surface area (Å²) in [5.41, 5.74) is 8.20. The van der Waals surface area contributed by atoms with Gasteiger partial charge in [0.15, 0.2) is 0 Å². The van der Waals surface area contributed by atoms with Crippen molar-refractivity contribution in [3.05, 3.63) is 23.3 Å². The SMILES string of the molecule is COc1cc(C)c(NC(=O)CCCN)cc1C. The van der Waals surface area contributed by atoms with Crippen LogP contribution in [0.5, 0.6) is 5.75 Å². The Morgan fingerprint density at radius 2 is 2.06 bits per heavy atom. The molecule has 0 bridgehead atoms. The van der Waals surface area contributed by atoms with E-state index in [1.165, 1.54) is 0 Å². The third-order valence-corrected chi connectivity index (χ3v) is 2.62. The van der Waals surface area contributed by atoms with Crippen LogP contribution >= 0.6 is 0 Å². The maximum Gasteiger partial charge on any atom is 0.224 e. The van der Waals surface area contributed by atoms with Crippen LogP contribution in [0.2, 0.25) is 0 Å². The lowest BCUT2D eigenvalue weighted by Crippen LogP contribution is -2.14. The minimum Gasteiger partial charge on any atom is -0.496 e. The van der Waals surface area contributed by atoms with Crippen LogP contribution in [0.15, 0.2) is 12.1 Å². The van der Waals surface area contributed by atoms with Crippen LogP contribution in [-0.4, -0.2) is 19.6 Å². The zero-order valence-corrected chi connectivity index (χ0v) is 10.7. The van der Waals surface area contributed by atoms with Crippen molar-refractivity contribution >= 4 is 11.6 Å². The first-order chi connectivity index (χ1) is 8.08. The minimum absolute atomic E-state index is 0.00289. The van der Waals surface area contributed by atoms with Gasteiger partial charge in [-0.2, -0.15) is 0 Å². The van der Waals surface area contributed by atoms with E-state index in [0.29, 0.717) is 19.4 Å². The summed E-state index contributed by atoms with van der Waals surface area (Å²) in [4.78, 5) is 11.6. The molecule has 0 fully saturated rings. The Bertz CT molecular complexity index is 403. The van der Waals surface area contributed by atoms with E-state index < -0.39 is 0 Å². The van der Waals surface area contributed by atoms with Crippen molar-refractivity contribution < 1.29 is 9.53 Å². The Morgan fingerprint density at radius 3 is 2.65 bits per heavy atom. The lowest BCUT2D eigenvalue weighted by Gasteiger charge is -2.12. The third kappa shape index (κ3) is 3.75. The zero-order chi connectivity index (χ0) is 12.8. The molecule has 4 nitrogen and oxygen atoms in total. The molecule has 0 aliphatic carbocycles. The van der Waals surface area contributed by atoms with Crippen LogP contribution in [0.4, 0.5) is 5.69 Å². The molecule has 0 aromatic heterocycles. The number of ether oxygens (including phenoxy) is 1. The topological polar surface area (TPSA) is 64.3 Å². The zero-order valence-electron chi connectivity index (χ0n) is 10.7. The molecule has 0 unspecified atom stereocenters. The van der Waals surface area contributed by atoms with Gasteiger partial charge in [0.25, 0.3) is 0 Å². The van der Waals surface area contributed by atoms with Crippen LogP contribution in [-0.2, 0) is 4.79 Å². The number of nitrogens with one attached hydrogen (secondary N) is 1. The van der Waals surface area contributed by atoms with E-state index in [-0.39, 0.29) is 5.91 Å². The van der Waals surface area contributed by atoms with E-state index in [1.807, 2.05) is 26.0 Å². The van der Waals surface area contributed by atoms with Gasteiger partial charge >= 0.3 is 0 Å². The predicted octanol–water partition coefficient (Wildman–Crippen LogP) is 1.99. The Kier molecular flexibility index (Phi) is 4.97. The summed E-state index contributed by atoms with van der Waals surface area (Å²) in [5.74, 6) is 0.838. The fourth-order valence-electron chi connectivity index (χ4n) is 1.62. The summed E-state index contributed by atoms with van der Waals surface area (Å²) in [6.07, 6.45) is 1.17. The minimum atomic E-state index is 0.00289. The number of rotatable bonds is 5. The van der Waals surface area contributed by atoms with Gasteiger partial charge in [0, 0.05) is 12.1 Å². The fraction of sp³-hybridized carbons (Fsp3) is 0.462. The summed E-state index contributed by atoms with van der Waals surface area (Å²) in [6.45, 7) is 4.43. The standard InChI is InChI=1S/C13H20N2O2/c1-9-8-12(17-3)10(2)7-11(9)15-13(16)5-4-6-14/h7-8H,4-6,14H2,1-3H3,(H,15,16). The molecule has 0 heterocycles. The smallest absolute Gasteiger partial charge is 0.224 e. The second-order valence-corrected chi connectivity index (χ2v) is 4.08. The lowest BCUT2D eigenvalue weighted by atomic mass is 10.1. The number of carbonyl (C=O) groups excluding carboxylic acids is 1. The van der Waals surface area contributed by atoms with E-state index in [9.17, 15) is 4.79 Å². The van der Waals surface area contributed by atoms with Crippen molar-refractivity contribution in [3.8, 4) is 5.75 Å². The Labute approximate surface area is 102 Å². The van der Waals surface area contributed by atoms with Gasteiger partial charge < -0.3 is 15.8 Å². The molecular weight excluding hydrogens is 216 g/mol. The molecule has 0 aliphatic heterocycles. The van der Waals surface area contributed by atoms with Gasteiger partial charge in [0.1, 0.15) is 5.75 Å². The molecule has 0 atom stereocenters. The predicted molar refractivity (Wildman–Crippen MR) is 69.4 cm³/mol. The van der Waals surface area contributed by atoms with Gasteiger partial charge in [-0.3, -0.25) is 4.79 Å². The molecule has 1 rings (SSSR count). The van der Waals surface area contributed by atoms with Gasteiger partial charge in [-0.05, 0) is 50.1 Å². The monoisotopic (exact) mass is 236 g/mol.